The van der Waals surface area contributed by atoms with Crippen LogP contribution in [0.4, 0.5) is 18.9 Å². The van der Waals surface area contributed by atoms with Gasteiger partial charge in [-0.25, -0.2) is 4.79 Å². The fourth-order valence-corrected chi connectivity index (χ4v) is 3.64. The number of benzene rings is 1. The lowest BCUT2D eigenvalue weighted by Gasteiger charge is -2.16. The summed E-state index contributed by atoms with van der Waals surface area (Å²) >= 11 is 0. The fraction of sp³-hybridized carbons (Fsp3) is 0.381. The predicted molar refractivity (Wildman–Crippen MR) is 114 cm³/mol. The highest BCUT2D eigenvalue weighted by Gasteiger charge is 2.33. The molecule has 3 aromatic rings. The molecule has 0 unspecified atom stereocenters. The minimum absolute atomic E-state index is 0.0462. The summed E-state index contributed by atoms with van der Waals surface area (Å²) < 4.78 is 43.1. The summed E-state index contributed by atoms with van der Waals surface area (Å²) in [7, 11) is 0. The first-order valence-corrected chi connectivity index (χ1v) is 10.2. The van der Waals surface area contributed by atoms with Gasteiger partial charge in [0.25, 0.3) is 0 Å². The van der Waals surface area contributed by atoms with Crippen molar-refractivity contribution in [2.45, 2.75) is 46.6 Å². The second-order valence-electron chi connectivity index (χ2n) is 7.87. The summed E-state index contributed by atoms with van der Waals surface area (Å²) in [6, 6.07) is 5.00. The molecule has 2 heterocycles. The minimum atomic E-state index is -4.56. The maximum Gasteiger partial charge on any atom is 0.416 e. The second-order valence-corrected chi connectivity index (χ2v) is 7.87. The number of hydrogen-bond acceptors (Lipinski definition) is 5. The molecule has 9 nitrogen and oxygen atoms in total. The molecule has 0 saturated carbocycles. The van der Waals surface area contributed by atoms with Gasteiger partial charge in [0, 0.05) is 24.8 Å². The molecule has 0 atom stereocenters. The number of alkyl halides is 3. The molecule has 176 valence electrons. The number of rotatable bonds is 7. The largest absolute Gasteiger partial charge is 0.416 e. The zero-order valence-corrected chi connectivity index (χ0v) is 18.2. The topological polar surface area (TPSA) is 105 Å². The molecule has 0 radical (unpaired) electrons. The van der Waals surface area contributed by atoms with Gasteiger partial charge >= 0.3 is 23.1 Å². The van der Waals surface area contributed by atoms with Crippen LogP contribution in [0, 0.1) is 16.0 Å². The summed E-state index contributed by atoms with van der Waals surface area (Å²) in [6.07, 6.45) is -2.07. The first-order chi connectivity index (χ1) is 15.5. The van der Waals surface area contributed by atoms with E-state index in [-0.39, 0.29) is 42.4 Å². The number of aromatic nitrogens is 4. The molecule has 0 amide bonds. The second kappa shape index (κ2) is 9.04. The van der Waals surface area contributed by atoms with Crippen LogP contribution in [-0.2, 0) is 25.8 Å². The Morgan fingerprint density at radius 1 is 1.15 bits per heavy atom. The normalized spacial score (nSPS) is 11.8. The summed E-state index contributed by atoms with van der Waals surface area (Å²) in [5.41, 5.74) is -3.53. The number of nitrogens with zero attached hydrogens (tertiary/aromatic N) is 5. The van der Waals surface area contributed by atoms with Gasteiger partial charge in [-0.05, 0) is 24.5 Å². The van der Waals surface area contributed by atoms with Gasteiger partial charge in [-0.3, -0.25) is 28.7 Å². The highest BCUT2D eigenvalue weighted by molar-refractivity contribution is 5.68. The van der Waals surface area contributed by atoms with Crippen LogP contribution in [0.1, 0.15) is 31.9 Å². The Balaban J connectivity index is 2.19. The highest BCUT2D eigenvalue weighted by atomic mass is 19.4. The standard InChI is InChI=1S/C21H22F3N5O4/c1-4-27-19(30)18(29(32)33)17(28(20(27)31)10-13(2)3)15-9-25-26(12-15)11-14-7-5-6-8-16(14)21(22,23)24/h5-9,12-13H,4,10-11H2,1-3H3. The van der Waals surface area contributed by atoms with E-state index in [9.17, 15) is 32.9 Å². The maximum atomic E-state index is 13.3. The van der Waals surface area contributed by atoms with E-state index in [2.05, 4.69) is 5.10 Å². The molecule has 0 bridgehead atoms. The zero-order valence-electron chi connectivity index (χ0n) is 18.2. The smallest absolute Gasteiger partial charge is 0.287 e. The van der Waals surface area contributed by atoms with E-state index in [4.69, 9.17) is 0 Å². The maximum absolute atomic E-state index is 13.3. The van der Waals surface area contributed by atoms with Crippen molar-refractivity contribution >= 4 is 5.69 Å². The third kappa shape index (κ3) is 4.73. The van der Waals surface area contributed by atoms with E-state index in [1.165, 1.54) is 42.2 Å². The van der Waals surface area contributed by atoms with Crippen LogP contribution >= 0.6 is 0 Å². The van der Waals surface area contributed by atoms with Gasteiger partial charge in [0.05, 0.1) is 23.2 Å². The first-order valence-electron chi connectivity index (χ1n) is 10.2. The van der Waals surface area contributed by atoms with Crippen molar-refractivity contribution in [2.24, 2.45) is 5.92 Å². The van der Waals surface area contributed by atoms with E-state index in [1.54, 1.807) is 13.8 Å². The first kappa shape index (κ1) is 24.0. The number of nitro groups is 1. The molecule has 0 saturated heterocycles. The summed E-state index contributed by atoms with van der Waals surface area (Å²) in [5.74, 6) is -0.0856. The van der Waals surface area contributed by atoms with E-state index in [1.807, 2.05) is 0 Å². The number of halogens is 3. The monoisotopic (exact) mass is 465 g/mol. The van der Waals surface area contributed by atoms with Gasteiger partial charge in [0.15, 0.2) is 0 Å². The molecule has 3 rings (SSSR count). The third-order valence-electron chi connectivity index (χ3n) is 5.01. The van der Waals surface area contributed by atoms with Crippen LogP contribution in [0.5, 0.6) is 0 Å². The third-order valence-corrected chi connectivity index (χ3v) is 5.01. The lowest BCUT2D eigenvalue weighted by molar-refractivity contribution is -0.386. The van der Waals surface area contributed by atoms with Crippen molar-refractivity contribution in [3.05, 3.63) is 78.7 Å². The zero-order chi connectivity index (χ0) is 24.5. The Kier molecular flexibility index (Phi) is 6.56. The van der Waals surface area contributed by atoms with Crippen LogP contribution in [-0.4, -0.2) is 23.8 Å². The van der Waals surface area contributed by atoms with Gasteiger partial charge < -0.3 is 0 Å². The molecule has 0 N–H and O–H groups in total. The highest BCUT2D eigenvalue weighted by Crippen LogP contribution is 2.32. The molecule has 12 heteroatoms. The molecule has 0 aliphatic carbocycles. The molecule has 0 aliphatic heterocycles. The Labute approximate surface area is 185 Å². The summed E-state index contributed by atoms with van der Waals surface area (Å²) in [4.78, 5) is 36.6. The van der Waals surface area contributed by atoms with Crippen LogP contribution in [0.15, 0.2) is 46.2 Å². The minimum Gasteiger partial charge on any atom is -0.287 e. The molecule has 0 aliphatic rings. The molecular weight excluding hydrogens is 443 g/mol. The van der Waals surface area contributed by atoms with Gasteiger partial charge in [-0.2, -0.15) is 18.3 Å². The lowest BCUT2D eigenvalue weighted by Crippen LogP contribution is -2.42. The van der Waals surface area contributed by atoms with Crippen molar-refractivity contribution in [3.63, 3.8) is 0 Å². The van der Waals surface area contributed by atoms with Crippen LogP contribution < -0.4 is 11.2 Å². The average molecular weight is 465 g/mol. The predicted octanol–water partition coefficient (Wildman–Crippen LogP) is 3.52. The van der Waals surface area contributed by atoms with Crippen LogP contribution in [0.25, 0.3) is 11.3 Å². The summed E-state index contributed by atoms with van der Waals surface area (Å²) in [6.45, 7) is 4.93. The van der Waals surface area contributed by atoms with Gasteiger partial charge in [-0.15, -0.1) is 0 Å². The molecule has 2 aromatic heterocycles. The Bertz CT molecular complexity index is 1300. The Morgan fingerprint density at radius 2 is 1.82 bits per heavy atom. The molecule has 0 fully saturated rings. The van der Waals surface area contributed by atoms with Crippen molar-refractivity contribution in [1.29, 1.82) is 0 Å². The molecular formula is C21H22F3N5O4. The SMILES string of the molecule is CCn1c(=O)c([N+](=O)[O-])c(-c2cnn(Cc3ccccc3C(F)(F)F)c2)n(CC(C)C)c1=O. The molecule has 0 spiro atoms. The van der Waals surface area contributed by atoms with Gasteiger partial charge in [0.1, 0.15) is 5.69 Å². The molecule has 1 aromatic carbocycles. The molecule has 33 heavy (non-hydrogen) atoms. The lowest BCUT2D eigenvalue weighted by atomic mass is 10.1. The van der Waals surface area contributed by atoms with Gasteiger partial charge in [-0.1, -0.05) is 32.0 Å². The van der Waals surface area contributed by atoms with Crippen molar-refractivity contribution in [3.8, 4) is 11.3 Å². The van der Waals surface area contributed by atoms with Crippen molar-refractivity contribution in [1.82, 2.24) is 18.9 Å². The van der Waals surface area contributed by atoms with E-state index >= 15 is 0 Å². The van der Waals surface area contributed by atoms with Crippen LogP contribution in [0.3, 0.4) is 0 Å². The van der Waals surface area contributed by atoms with Crippen molar-refractivity contribution < 1.29 is 18.1 Å². The van der Waals surface area contributed by atoms with E-state index < -0.39 is 33.6 Å². The van der Waals surface area contributed by atoms with Gasteiger partial charge in [0.2, 0.25) is 0 Å². The number of hydrogen-bond donors (Lipinski definition) is 0. The van der Waals surface area contributed by atoms with Crippen LogP contribution in [0.2, 0.25) is 0 Å². The Hall–Kier alpha value is -3.70. The van der Waals surface area contributed by atoms with E-state index in [0.29, 0.717) is 0 Å². The van der Waals surface area contributed by atoms with Crippen molar-refractivity contribution in [2.75, 3.05) is 0 Å². The van der Waals surface area contributed by atoms with E-state index in [0.717, 1.165) is 15.2 Å². The quantitative estimate of drug-likeness (QED) is 0.392. The average Bonchev–Trinajstić information content (AvgIpc) is 3.17. The summed E-state index contributed by atoms with van der Waals surface area (Å²) in [5, 5.41) is 15.8. The fourth-order valence-electron chi connectivity index (χ4n) is 3.64. The Morgan fingerprint density at radius 3 is 2.39 bits per heavy atom.